The number of rotatable bonds is 5. The molecule has 0 aliphatic heterocycles. The monoisotopic (exact) mass is 264 g/mol. The number of nitrogens with zero attached hydrogens (tertiary/aromatic N) is 1. The number of H-pyrrole nitrogens is 1. The molecule has 2 aromatic rings. The van der Waals surface area contributed by atoms with Gasteiger partial charge in [0.1, 0.15) is 6.61 Å². The first-order valence-corrected chi connectivity index (χ1v) is 6.43. The molecular weight excluding hydrogens is 248 g/mol. The summed E-state index contributed by atoms with van der Waals surface area (Å²) >= 11 is 6.06. The molecule has 0 unspecified atom stereocenters. The van der Waals surface area contributed by atoms with Crippen LogP contribution in [0.3, 0.4) is 0 Å². The second-order valence-electron chi connectivity index (χ2n) is 4.71. The molecule has 1 N–H and O–H groups in total. The van der Waals surface area contributed by atoms with Crippen LogP contribution in [0, 0.1) is 5.92 Å². The number of hydrogen-bond donors (Lipinski definition) is 1. The summed E-state index contributed by atoms with van der Waals surface area (Å²) < 4.78 is 5.61. The first-order valence-electron chi connectivity index (χ1n) is 6.05. The van der Waals surface area contributed by atoms with E-state index in [2.05, 4.69) is 24.0 Å². The molecule has 18 heavy (non-hydrogen) atoms. The van der Waals surface area contributed by atoms with E-state index in [0.29, 0.717) is 18.4 Å². The van der Waals surface area contributed by atoms with Gasteiger partial charge in [-0.3, -0.25) is 5.10 Å². The largest absolute Gasteiger partial charge is 0.472 e. The van der Waals surface area contributed by atoms with Crippen LogP contribution in [-0.4, -0.2) is 10.2 Å². The van der Waals surface area contributed by atoms with Crippen molar-refractivity contribution in [1.29, 1.82) is 0 Å². The normalized spacial score (nSPS) is 10.9. The minimum absolute atomic E-state index is 0.436. The molecule has 0 saturated carbocycles. The third-order valence-corrected chi connectivity index (χ3v) is 2.94. The molecule has 0 aliphatic carbocycles. The molecule has 4 heteroatoms. The molecule has 2 rings (SSSR count). The van der Waals surface area contributed by atoms with Crippen LogP contribution in [0.5, 0.6) is 5.88 Å². The van der Waals surface area contributed by atoms with Gasteiger partial charge in [0, 0.05) is 22.3 Å². The van der Waals surface area contributed by atoms with E-state index in [4.69, 9.17) is 16.3 Å². The van der Waals surface area contributed by atoms with Gasteiger partial charge >= 0.3 is 0 Å². The second kappa shape index (κ2) is 5.91. The van der Waals surface area contributed by atoms with Gasteiger partial charge in [-0.2, -0.15) is 0 Å². The Labute approximate surface area is 112 Å². The zero-order valence-electron chi connectivity index (χ0n) is 10.6. The van der Waals surface area contributed by atoms with Gasteiger partial charge in [0.25, 0.3) is 0 Å². The zero-order valence-corrected chi connectivity index (χ0v) is 11.4. The third-order valence-electron chi connectivity index (χ3n) is 2.57. The van der Waals surface area contributed by atoms with Gasteiger partial charge in [-0.05, 0) is 18.4 Å². The minimum Gasteiger partial charge on any atom is -0.472 e. The number of aromatic nitrogens is 2. The Hall–Kier alpha value is -1.48. The van der Waals surface area contributed by atoms with Crippen molar-refractivity contribution in [1.82, 2.24) is 10.2 Å². The summed E-state index contributed by atoms with van der Waals surface area (Å²) in [7, 11) is 0. The Kier molecular flexibility index (Phi) is 4.26. The van der Waals surface area contributed by atoms with E-state index in [-0.39, 0.29) is 0 Å². The van der Waals surface area contributed by atoms with Crippen molar-refractivity contribution in [3.05, 3.63) is 46.6 Å². The van der Waals surface area contributed by atoms with Crippen molar-refractivity contribution in [3.63, 3.8) is 0 Å². The Morgan fingerprint density at radius 3 is 2.83 bits per heavy atom. The molecule has 96 valence electrons. The molecular formula is C14H17ClN2O. The quantitative estimate of drug-likeness (QED) is 0.891. The molecule has 0 radical (unpaired) electrons. The number of ether oxygens (including phenoxy) is 1. The summed E-state index contributed by atoms with van der Waals surface area (Å²) in [5.74, 6) is 1.22. The van der Waals surface area contributed by atoms with E-state index in [1.807, 2.05) is 30.3 Å². The smallest absolute Gasteiger partial charge is 0.233 e. The fourth-order valence-electron chi connectivity index (χ4n) is 1.73. The number of nitrogens with one attached hydrogen (secondary N) is 1. The van der Waals surface area contributed by atoms with Crippen LogP contribution in [-0.2, 0) is 13.0 Å². The molecule has 1 aromatic carbocycles. The van der Waals surface area contributed by atoms with Crippen LogP contribution in [0.2, 0.25) is 5.02 Å². The number of hydrogen-bond acceptors (Lipinski definition) is 2. The first kappa shape index (κ1) is 13.0. The number of aromatic amines is 1. The van der Waals surface area contributed by atoms with E-state index >= 15 is 0 Å². The lowest BCUT2D eigenvalue weighted by Gasteiger charge is -2.04. The number of benzene rings is 1. The van der Waals surface area contributed by atoms with Crippen LogP contribution in [0.4, 0.5) is 0 Å². The third kappa shape index (κ3) is 3.50. The Bertz CT molecular complexity index is 508. The van der Waals surface area contributed by atoms with E-state index in [1.54, 1.807) is 0 Å². The van der Waals surface area contributed by atoms with Gasteiger partial charge in [0.15, 0.2) is 0 Å². The van der Waals surface area contributed by atoms with Gasteiger partial charge in [-0.25, -0.2) is 0 Å². The van der Waals surface area contributed by atoms with Crippen molar-refractivity contribution in [3.8, 4) is 5.88 Å². The summed E-state index contributed by atoms with van der Waals surface area (Å²) in [5.41, 5.74) is 2.06. The minimum atomic E-state index is 0.436. The lowest BCUT2D eigenvalue weighted by Crippen LogP contribution is -1.96. The average Bonchev–Trinajstić information content (AvgIpc) is 2.75. The number of halogens is 1. The fraction of sp³-hybridized carbons (Fsp3) is 0.357. The summed E-state index contributed by atoms with van der Waals surface area (Å²) in [5, 5.41) is 7.82. The molecule has 0 spiro atoms. The van der Waals surface area contributed by atoms with Crippen molar-refractivity contribution >= 4 is 11.6 Å². The van der Waals surface area contributed by atoms with Gasteiger partial charge in [-0.15, -0.1) is 5.10 Å². The van der Waals surface area contributed by atoms with Crippen molar-refractivity contribution in [2.75, 3.05) is 0 Å². The fourth-order valence-corrected chi connectivity index (χ4v) is 1.92. The van der Waals surface area contributed by atoms with E-state index in [0.717, 1.165) is 22.7 Å². The lowest BCUT2D eigenvalue weighted by atomic mass is 10.1. The Morgan fingerprint density at radius 1 is 1.33 bits per heavy atom. The van der Waals surface area contributed by atoms with Gasteiger partial charge in [0.2, 0.25) is 5.88 Å². The van der Waals surface area contributed by atoms with Gasteiger partial charge in [-0.1, -0.05) is 43.6 Å². The van der Waals surface area contributed by atoms with Gasteiger partial charge < -0.3 is 4.74 Å². The van der Waals surface area contributed by atoms with Crippen LogP contribution < -0.4 is 4.74 Å². The predicted octanol–water partition coefficient (Wildman–Crippen LogP) is 3.84. The summed E-state index contributed by atoms with van der Waals surface area (Å²) in [6.07, 6.45) is 0.975. The van der Waals surface area contributed by atoms with Crippen molar-refractivity contribution in [2.45, 2.75) is 26.9 Å². The summed E-state index contributed by atoms with van der Waals surface area (Å²) in [6.45, 7) is 4.78. The molecule has 0 fully saturated rings. The average molecular weight is 265 g/mol. The molecule has 0 atom stereocenters. The highest BCUT2D eigenvalue weighted by Crippen LogP contribution is 2.18. The molecule has 0 bridgehead atoms. The second-order valence-corrected chi connectivity index (χ2v) is 5.12. The maximum atomic E-state index is 6.06. The topological polar surface area (TPSA) is 37.9 Å². The molecule has 1 aromatic heterocycles. The van der Waals surface area contributed by atoms with E-state index in [1.165, 1.54) is 0 Å². The lowest BCUT2D eigenvalue weighted by molar-refractivity contribution is 0.293. The summed E-state index contributed by atoms with van der Waals surface area (Å²) in [6, 6.07) is 9.59. The highest BCUT2D eigenvalue weighted by Gasteiger charge is 2.05. The molecule has 0 aliphatic rings. The highest BCUT2D eigenvalue weighted by atomic mass is 35.5. The van der Waals surface area contributed by atoms with E-state index < -0.39 is 0 Å². The summed E-state index contributed by atoms with van der Waals surface area (Å²) in [4.78, 5) is 0. The Morgan fingerprint density at radius 2 is 2.11 bits per heavy atom. The first-order chi connectivity index (χ1) is 8.65. The predicted molar refractivity (Wildman–Crippen MR) is 72.9 cm³/mol. The maximum absolute atomic E-state index is 6.06. The van der Waals surface area contributed by atoms with E-state index in [9.17, 15) is 0 Å². The van der Waals surface area contributed by atoms with Crippen LogP contribution >= 0.6 is 11.6 Å². The van der Waals surface area contributed by atoms with Crippen molar-refractivity contribution in [2.24, 2.45) is 5.92 Å². The van der Waals surface area contributed by atoms with Crippen molar-refractivity contribution < 1.29 is 4.74 Å². The molecule has 3 nitrogen and oxygen atoms in total. The SMILES string of the molecule is CC(C)Cc1cc(OCc2ccccc2Cl)n[nH]1. The van der Waals surface area contributed by atoms with Crippen LogP contribution in [0.25, 0.3) is 0 Å². The molecule has 0 saturated heterocycles. The standard InChI is InChI=1S/C14H17ClN2O/c1-10(2)7-12-8-14(17-16-12)18-9-11-5-3-4-6-13(11)15/h3-6,8,10H,7,9H2,1-2H3,(H,16,17). The van der Waals surface area contributed by atoms with Crippen LogP contribution in [0.1, 0.15) is 25.1 Å². The van der Waals surface area contributed by atoms with Crippen LogP contribution in [0.15, 0.2) is 30.3 Å². The zero-order chi connectivity index (χ0) is 13.0. The highest BCUT2D eigenvalue weighted by molar-refractivity contribution is 6.31. The molecule has 0 amide bonds. The molecule has 1 heterocycles. The Balaban J connectivity index is 1.94. The maximum Gasteiger partial charge on any atom is 0.233 e. The van der Waals surface area contributed by atoms with Gasteiger partial charge in [0.05, 0.1) is 0 Å².